The zero-order valence-electron chi connectivity index (χ0n) is 23.8. The van der Waals surface area contributed by atoms with Crippen LogP contribution in [0.5, 0.6) is 11.5 Å². The van der Waals surface area contributed by atoms with E-state index < -0.39 is 6.04 Å². The smallest absolute Gasteiger partial charge is 0.254 e. The van der Waals surface area contributed by atoms with Gasteiger partial charge in [-0.05, 0) is 79.3 Å². The molecule has 1 aromatic heterocycles. The Morgan fingerprint density at radius 1 is 1.07 bits per heavy atom. The molecule has 0 spiro atoms. The monoisotopic (exact) mass is 587 g/mol. The van der Waals surface area contributed by atoms with Crippen LogP contribution in [0.25, 0.3) is 11.1 Å². The lowest BCUT2D eigenvalue weighted by Crippen LogP contribution is -2.48. The largest absolute Gasteiger partial charge is 0.493 e. The van der Waals surface area contributed by atoms with Crippen molar-refractivity contribution in [2.45, 2.75) is 45.2 Å². The number of nitrogens with one attached hydrogen (secondary N) is 1. The maximum Gasteiger partial charge on any atom is 0.254 e. The van der Waals surface area contributed by atoms with Crippen molar-refractivity contribution >= 4 is 23.2 Å². The summed E-state index contributed by atoms with van der Waals surface area (Å²) in [6.07, 6.45) is 3.03. The third kappa shape index (κ3) is 6.97. The van der Waals surface area contributed by atoms with Crippen LogP contribution in [-0.2, 0) is 17.8 Å². The molecule has 0 aliphatic carbocycles. The lowest BCUT2D eigenvalue weighted by molar-refractivity contribution is -0.125. The lowest BCUT2D eigenvalue weighted by atomic mass is 10.0. The van der Waals surface area contributed by atoms with E-state index in [9.17, 15) is 14.0 Å². The Balaban J connectivity index is 1.36. The molecule has 0 radical (unpaired) electrons. The van der Waals surface area contributed by atoms with Crippen LogP contribution in [0.4, 0.5) is 4.39 Å². The highest BCUT2D eigenvalue weighted by atomic mass is 32.1. The topological polar surface area (TPSA) is 80.8 Å². The molecule has 5 rings (SSSR count). The van der Waals surface area contributed by atoms with Gasteiger partial charge in [-0.3, -0.25) is 9.59 Å². The van der Waals surface area contributed by atoms with E-state index in [2.05, 4.69) is 10.3 Å². The van der Waals surface area contributed by atoms with Crippen molar-refractivity contribution < 1.29 is 23.5 Å². The van der Waals surface area contributed by atoms with Crippen molar-refractivity contribution in [3.63, 3.8) is 0 Å². The number of rotatable bonds is 10. The van der Waals surface area contributed by atoms with Gasteiger partial charge in [0.15, 0.2) is 11.5 Å². The van der Waals surface area contributed by atoms with E-state index >= 15 is 0 Å². The van der Waals surface area contributed by atoms with Gasteiger partial charge in [0.25, 0.3) is 5.91 Å². The fourth-order valence-corrected chi connectivity index (χ4v) is 5.89. The minimum absolute atomic E-state index is 0.150. The molecule has 2 amide bonds. The molecule has 0 unspecified atom stereocenters. The number of methoxy groups -OCH3 is 1. The maximum absolute atomic E-state index is 13.9. The van der Waals surface area contributed by atoms with Gasteiger partial charge in [0.2, 0.25) is 5.91 Å². The minimum Gasteiger partial charge on any atom is -0.493 e. The number of ether oxygens (including phenoxy) is 2. The number of carbonyl (C=O) groups excluding carboxylic acids is 2. The van der Waals surface area contributed by atoms with Crippen molar-refractivity contribution in [2.24, 2.45) is 0 Å². The summed E-state index contributed by atoms with van der Waals surface area (Å²) in [5.74, 6) is 0.455. The molecule has 1 atom stereocenters. The first kappa shape index (κ1) is 29.3. The van der Waals surface area contributed by atoms with Crippen LogP contribution in [0.2, 0.25) is 0 Å². The van der Waals surface area contributed by atoms with Gasteiger partial charge in [0.1, 0.15) is 11.9 Å². The molecule has 4 aromatic rings. The van der Waals surface area contributed by atoms with Crippen molar-refractivity contribution in [3.05, 3.63) is 99.8 Å². The second kappa shape index (κ2) is 13.6. The van der Waals surface area contributed by atoms with Crippen LogP contribution >= 0.6 is 11.3 Å². The Labute approximate surface area is 249 Å². The molecular formula is C33H34FN3O4S. The van der Waals surface area contributed by atoms with Gasteiger partial charge < -0.3 is 19.7 Å². The summed E-state index contributed by atoms with van der Waals surface area (Å²) >= 11 is 1.61. The standard InChI is InChI=1S/C33H34FN3O4S/c1-22-31(42-21-36-22)15-17-41-29-14-9-23(18-30(29)40-2)20-37(28-8-3-4-16-35-32(28)38)33(39)25-12-10-24(11-13-25)26-6-5-7-27(34)19-26/h5-7,9-14,18-19,21,28H,3-4,8,15-17,20H2,1-2H3,(H,35,38)/t28-/m0/s1. The normalized spacial score (nSPS) is 15.0. The van der Waals surface area contributed by atoms with Crippen LogP contribution in [0.1, 0.15) is 45.8 Å². The molecule has 3 aromatic carbocycles. The molecule has 1 aliphatic rings. The number of hydrogen-bond acceptors (Lipinski definition) is 6. The van der Waals surface area contributed by atoms with Gasteiger partial charge in [0, 0.05) is 30.0 Å². The summed E-state index contributed by atoms with van der Waals surface area (Å²) in [7, 11) is 1.58. The third-order valence-electron chi connectivity index (χ3n) is 7.45. The van der Waals surface area contributed by atoms with E-state index in [0.717, 1.165) is 41.6 Å². The number of amides is 2. The first-order valence-corrected chi connectivity index (χ1v) is 14.9. The highest BCUT2D eigenvalue weighted by Gasteiger charge is 2.31. The first-order chi connectivity index (χ1) is 20.4. The van der Waals surface area contributed by atoms with Gasteiger partial charge >= 0.3 is 0 Å². The maximum atomic E-state index is 13.9. The number of thiazole rings is 1. The quantitative estimate of drug-likeness (QED) is 0.239. The molecule has 1 aliphatic heterocycles. The summed E-state index contributed by atoms with van der Waals surface area (Å²) in [4.78, 5) is 34.1. The first-order valence-electron chi connectivity index (χ1n) is 14.1. The molecule has 1 saturated heterocycles. The van der Waals surface area contributed by atoms with E-state index in [0.29, 0.717) is 36.6 Å². The molecule has 218 valence electrons. The van der Waals surface area contributed by atoms with Crippen LogP contribution in [-0.4, -0.2) is 48.0 Å². The van der Waals surface area contributed by atoms with Gasteiger partial charge in [-0.25, -0.2) is 9.37 Å². The SMILES string of the molecule is COc1cc(CN(C(=O)c2ccc(-c3cccc(F)c3)cc2)[C@H]2CCCCNC2=O)ccc1OCCc1scnc1C. The number of benzene rings is 3. The lowest BCUT2D eigenvalue weighted by Gasteiger charge is -2.30. The Morgan fingerprint density at radius 2 is 1.90 bits per heavy atom. The Kier molecular flexibility index (Phi) is 9.48. The van der Waals surface area contributed by atoms with E-state index in [4.69, 9.17) is 9.47 Å². The predicted molar refractivity (Wildman–Crippen MR) is 161 cm³/mol. The molecule has 1 N–H and O–H groups in total. The second-order valence-corrected chi connectivity index (χ2v) is 11.2. The molecule has 7 nitrogen and oxygen atoms in total. The van der Waals surface area contributed by atoms with Crippen molar-refractivity contribution in [3.8, 4) is 22.6 Å². The molecular weight excluding hydrogens is 553 g/mol. The molecule has 0 saturated carbocycles. The summed E-state index contributed by atoms with van der Waals surface area (Å²) in [5.41, 5.74) is 5.65. The van der Waals surface area contributed by atoms with E-state index in [1.54, 1.807) is 53.7 Å². The third-order valence-corrected chi connectivity index (χ3v) is 8.44. The fraction of sp³-hybridized carbons (Fsp3) is 0.303. The van der Waals surface area contributed by atoms with Gasteiger partial charge in [-0.2, -0.15) is 0 Å². The predicted octanol–water partition coefficient (Wildman–Crippen LogP) is 6.20. The van der Waals surface area contributed by atoms with Gasteiger partial charge in [-0.15, -0.1) is 11.3 Å². The number of halogens is 1. The van der Waals surface area contributed by atoms with E-state index in [1.165, 1.54) is 17.0 Å². The number of aromatic nitrogens is 1. The van der Waals surface area contributed by atoms with Crippen molar-refractivity contribution in [2.75, 3.05) is 20.3 Å². The Bertz CT molecular complexity index is 1540. The second-order valence-electron chi connectivity index (χ2n) is 10.3. The zero-order valence-corrected chi connectivity index (χ0v) is 24.6. The Hall–Kier alpha value is -4.24. The number of nitrogens with zero attached hydrogens (tertiary/aromatic N) is 2. The summed E-state index contributed by atoms with van der Waals surface area (Å²) in [6, 6.07) is 18.4. The average Bonchev–Trinajstić information content (AvgIpc) is 3.29. The zero-order chi connectivity index (χ0) is 29.5. The Morgan fingerprint density at radius 3 is 2.64 bits per heavy atom. The highest BCUT2D eigenvalue weighted by Crippen LogP contribution is 2.30. The van der Waals surface area contributed by atoms with Crippen molar-refractivity contribution in [1.29, 1.82) is 0 Å². The van der Waals surface area contributed by atoms with E-state index in [-0.39, 0.29) is 24.2 Å². The summed E-state index contributed by atoms with van der Waals surface area (Å²) in [6.45, 7) is 3.29. The fourth-order valence-electron chi connectivity index (χ4n) is 5.13. The number of carbonyl (C=O) groups is 2. The van der Waals surface area contributed by atoms with Gasteiger partial charge in [0.05, 0.1) is 24.9 Å². The van der Waals surface area contributed by atoms with Crippen LogP contribution in [0.15, 0.2) is 72.2 Å². The van der Waals surface area contributed by atoms with Crippen LogP contribution in [0.3, 0.4) is 0 Å². The number of hydrogen-bond donors (Lipinski definition) is 1. The molecule has 1 fully saturated rings. The summed E-state index contributed by atoms with van der Waals surface area (Å²) in [5, 5.41) is 2.96. The summed E-state index contributed by atoms with van der Waals surface area (Å²) < 4.78 is 25.4. The molecule has 9 heteroatoms. The average molecular weight is 588 g/mol. The number of aryl methyl sites for hydroxylation is 1. The molecule has 2 heterocycles. The van der Waals surface area contributed by atoms with Gasteiger partial charge in [-0.1, -0.05) is 30.3 Å². The van der Waals surface area contributed by atoms with Crippen LogP contribution < -0.4 is 14.8 Å². The van der Waals surface area contributed by atoms with Crippen molar-refractivity contribution in [1.82, 2.24) is 15.2 Å². The van der Waals surface area contributed by atoms with Crippen LogP contribution in [0, 0.1) is 12.7 Å². The minimum atomic E-state index is -0.604. The highest BCUT2D eigenvalue weighted by molar-refractivity contribution is 7.09. The van der Waals surface area contributed by atoms with E-state index in [1.807, 2.05) is 36.7 Å². The molecule has 0 bridgehead atoms. The molecule has 42 heavy (non-hydrogen) atoms.